The molecule has 0 N–H and O–H groups in total. The van der Waals surface area contributed by atoms with Crippen LogP contribution >= 0.6 is 0 Å². The summed E-state index contributed by atoms with van der Waals surface area (Å²) < 4.78 is 0. The normalized spacial score (nSPS) is 12.4. The molecule has 0 aliphatic heterocycles. The van der Waals surface area contributed by atoms with E-state index in [1.807, 2.05) is 0 Å². The van der Waals surface area contributed by atoms with Gasteiger partial charge in [-0.1, -0.05) is 46.5 Å². The van der Waals surface area contributed by atoms with Crippen LogP contribution in [0.5, 0.6) is 0 Å². The fourth-order valence-electron chi connectivity index (χ4n) is 2.08. The molecule has 0 saturated carbocycles. The molecule has 1 heteroatoms. The lowest BCUT2D eigenvalue weighted by Gasteiger charge is -2.31. The molecule has 0 aliphatic rings. The summed E-state index contributed by atoms with van der Waals surface area (Å²) in [4.78, 5) is 2.32. The van der Waals surface area contributed by atoms with Crippen molar-refractivity contribution in [2.45, 2.75) is 65.7 Å². The topological polar surface area (TPSA) is 3.24 Å². The third-order valence-electron chi connectivity index (χ3n) is 3.43. The van der Waals surface area contributed by atoms with Crippen LogP contribution in [-0.4, -0.2) is 25.5 Å². The van der Waals surface area contributed by atoms with Crippen LogP contribution in [0.2, 0.25) is 0 Å². The Morgan fingerprint density at radius 2 is 1.33 bits per heavy atom. The first kappa shape index (κ1) is 15.0. The van der Waals surface area contributed by atoms with Crippen molar-refractivity contribution < 1.29 is 0 Å². The molecule has 0 aromatic heterocycles. The first-order chi connectivity index (χ1) is 7.04. The van der Waals surface area contributed by atoms with Crippen molar-refractivity contribution in [2.24, 2.45) is 5.41 Å². The molecule has 0 bridgehead atoms. The average molecular weight is 213 g/mol. The predicted octanol–water partition coefficient (Wildman–Crippen LogP) is 4.32. The maximum absolute atomic E-state index is 2.49. The van der Waals surface area contributed by atoms with Gasteiger partial charge in [-0.05, 0) is 45.3 Å². The van der Waals surface area contributed by atoms with Gasteiger partial charge in [0.15, 0.2) is 0 Å². The molecular weight excluding hydrogens is 182 g/mol. The quantitative estimate of drug-likeness (QED) is 0.551. The van der Waals surface area contributed by atoms with Crippen LogP contribution in [0.4, 0.5) is 0 Å². The summed E-state index contributed by atoms with van der Waals surface area (Å²) in [6, 6.07) is 0. The van der Waals surface area contributed by atoms with Gasteiger partial charge < -0.3 is 4.90 Å². The average Bonchev–Trinajstić information content (AvgIpc) is 2.21. The summed E-state index contributed by atoms with van der Waals surface area (Å²) in [6.07, 6.45) is 9.66. The fourth-order valence-corrected chi connectivity index (χ4v) is 2.08. The zero-order chi connectivity index (χ0) is 11.7. The van der Waals surface area contributed by atoms with Crippen molar-refractivity contribution in [3.8, 4) is 0 Å². The first-order valence-electron chi connectivity index (χ1n) is 6.69. The Hall–Kier alpha value is -0.0400. The van der Waals surface area contributed by atoms with Crippen molar-refractivity contribution in [1.82, 2.24) is 4.90 Å². The highest BCUT2D eigenvalue weighted by atomic mass is 15.0. The van der Waals surface area contributed by atoms with E-state index in [4.69, 9.17) is 0 Å². The summed E-state index contributed by atoms with van der Waals surface area (Å²) in [5.41, 5.74) is 0.594. The van der Waals surface area contributed by atoms with E-state index >= 15 is 0 Å². The Bertz CT molecular complexity index is 132. The molecule has 0 aromatic carbocycles. The van der Waals surface area contributed by atoms with Gasteiger partial charge in [-0.2, -0.15) is 0 Å². The minimum Gasteiger partial charge on any atom is -0.309 e. The lowest BCUT2D eigenvalue weighted by molar-refractivity contribution is 0.206. The van der Waals surface area contributed by atoms with E-state index in [1.165, 1.54) is 51.5 Å². The van der Waals surface area contributed by atoms with Gasteiger partial charge in [0, 0.05) is 0 Å². The van der Waals surface area contributed by atoms with Crippen LogP contribution < -0.4 is 0 Å². The van der Waals surface area contributed by atoms with Crippen molar-refractivity contribution in [3.63, 3.8) is 0 Å². The fraction of sp³-hybridized carbons (Fsp3) is 1.00. The van der Waals surface area contributed by atoms with Crippen LogP contribution in [0.15, 0.2) is 0 Å². The van der Waals surface area contributed by atoms with Crippen molar-refractivity contribution in [2.75, 3.05) is 20.6 Å². The highest BCUT2D eigenvalue weighted by Gasteiger charge is 2.22. The predicted molar refractivity (Wildman–Crippen MR) is 70.3 cm³/mol. The monoisotopic (exact) mass is 213 g/mol. The number of nitrogens with zero attached hydrogens (tertiary/aromatic N) is 1. The van der Waals surface area contributed by atoms with Gasteiger partial charge in [-0.25, -0.2) is 0 Å². The molecule has 0 aromatic rings. The maximum atomic E-state index is 2.49. The summed E-state index contributed by atoms with van der Waals surface area (Å²) in [5.74, 6) is 0. The second-order valence-corrected chi connectivity index (χ2v) is 5.57. The molecule has 0 amide bonds. The minimum atomic E-state index is 0.594. The number of unbranched alkanes of at least 4 members (excludes halogenated alkanes) is 2. The van der Waals surface area contributed by atoms with Crippen molar-refractivity contribution in [3.05, 3.63) is 0 Å². The molecular formula is C14H31N. The van der Waals surface area contributed by atoms with E-state index in [0.717, 1.165) is 0 Å². The van der Waals surface area contributed by atoms with E-state index in [0.29, 0.717) is 5.41 Å². The second kappa shape index (κ2) is 8.15. The molecule has 0 unspecified atom stereocenters. The smallest absolute Gasteiger partial charge is 0.00196 e. The molecule has 0 saturated heterocycles. The van der Waals surface area contributed by atoms with E-state index in [2.05, 4.69) is 39.8 Å². The van der Waals surface area contributed by atoms with Gasteiger partial charge in [0.1, 0.15) is 0 Å². The van der Waals surface area contributed by atoms with Gasteiger partial charge in [-0.3, -0.25) is 0 Å². The van der Waals surface area contributed by atoms with E-state index < -0.39 is 0 Å². The van der Waals surface area contributed by atoms with Gasteiger partial charge in [0.2, 0.25) is 0 Å². The molecule has 0 radical (unpaired) electrons. The SMILES string of the molecule is CCCCC(C)(CCCC)CCN(C)C. The first-order valence-corrected chi connectivity index (χ1v) is 6.69. The number of hydrogen-bond donors (Lipinski definition) is 0. The molecule has 0 spiro atoms. The second-order valence-electron chi connectivity index (χ2n) is 5.57. The molecule has 0 atom stereocenters. The summed E-state index contributed by atoms with van der Waals surface area (Å²) in [7, 11) is 4.36. The van der Waals surface area contributed by atoms with E-state index in [9.17, 15) is 0 Å². The lowest BCUT2D eigenvalue weighted by Crippen LogP contribution is -2.24. The van der Waals surface area contributed by atoms with Crippen LogP contribution in [0.1, 0.15) is 65.7 Å². The summed E-state index contributed by atoms with van der Waals surface area (Å²) in [6.45, 7) is 8.32. The van der Waals surface area contributed by atoms with Crippen LogP contribution in [-0.2, 0) is 0 Å². The molecule has 0 aliphatic carbocycles. The minimum absolute atomic E-state index is 0.594. The maximum Gasteiger partial charge on any atom is -0.00196 e. The van der Waals surface area contributed by atoms with Gasteiger partial charge >= 0.3 is 0 Å². The standard InChI is InChI=1S/C14H31N/c1-6-8-10-14(3,11-9-7-2)12-13-15(4)5/h6-13H2,1-5H3. The number of rotatable bonds is 9. The lowest BCUT2D eigenvalue weighted by atomic mass is 9.77. The molecule has 15 heavy (non-hydrogen) atoms. The van der Waals surface area contributed by atoms with Gasteiger partial charge in [-0.15, -0.1) is 0 Å². The van der Waals surface area contributed by atoms with Crippen LogP contribution in [0.25, 0.3) is 0 Å². The van der Waals surface area contributed by atoms with Crippen LogP contribution in [0, 0.1) is 5.41 Å². The van der Waals surface area contributed by atoms with Crippen molar-refractivity contribution in [1.29, 1.82) is 0 Å². The van der Waals surface area contributed by atoms with Gasteiger partial charge in [0.25, 0.3) is 0 Å². The van der Waals surface area contributed by atoms with Crippen LogP contribution in [0.3, 0.4) is 0 Å². The number of hydrogen-bond acceptors (Lipinski definition) is 1. The van der Waals surface area contributed by atoms with Crippen molar-refractivity contribution >= 4 is 0 Å². The largest absolute Gasteiger partial charge is 0.309 e. The Kier molecular flexibility index (Phi) is 8.13. The highest BCUT2D eigenvalue weighted by molar-refractivity contribution is 4.75. The zero-order valence-corrected chi connectivity index (χ0v) is 11.6. The molecule has 1 nitrogen and oxygen atoms in total. The summed E-state index contributed by atoms with van der Waals surface area (Å²) in [5, 5.41) is 0. The molecule has 0 fully saturated rings. The molecule has 0 rings (SSSR count). The Morgan fingerprint density at radius 1 is 0.867 bits per heavy atom. The molecule has 92 valence electrons. The highest BCUT2D eigenvalue weighted by Crippen LogP contribution is 2.34. The zero-order valence-electron chi connectivity index (χ0n) is 11.6. The van der Waals surface area contributed by atoms with E-state index in [1.54, 1.807) is 0 Å². The summed E-state index contributed by atoms with van der Waals surface area (Å²) >= 11 is 0. The van der Waals surface area contributed by atoms with E-state index in [-0.39, 0.29) is 0 Å². The third-order valence-corrected chi connectivity index (χ3v) is 3.43. The van der Waals surface area contributed by atoms with Gasteiger partial charge in [0.05, 0.1) is 0 Å². The third kappa shape index (κ3) is 7.84. The molecule has 0 heterocycles. The Labute approximate surface area is 97.2 Å². The Morgan fingerprint density at radius 3 is 1.67 bits per heavy atom. The Balaban J connectivity index is 4.01.